The van der Waals surface area contributed by atoms with Crippen molar-refractivity contribution < 1.29 is 9.59 Å². The lowest BCUT2D eigenvalue weighted by Gasteiger charge is -2.28. The fourth-order valence-corrected chi connectivity index (χ4v) is 4.91. The standard InChI is InChI=1S/C24H23N3O2S/c25-23(28)19(15-16-9-3-1-4-10-16)26-21-22(17-11-5-2-6-12-17)30-20-14-8-7-13-18(20)27-24(21)29/h1-14,19,21-22,26H,15H2,(H2,25,28)(H,27,29)/t19-,21+,22-/m0/s1. The van der Waals surface area contributed by atoms with E-state index in [0.717, 1.165) is 21.7 Å². The van der Waals surface area contributed by atoms with Crippen molar-refractivity contribution >= 4 is 29.3 Å². The summed E-state index contributed by atoms with van der Waals surface area (Å²) in [5, 5.41) is 6.06. The average molecular weight is 418 g/mol. The summed E-state index contributed by atoms with van der Waals surface area (Å²) in [7, 11) is 0. The lowest BCUT2D eigenvalue weighted by atomic mass is 10.0. The second-order valence-electron chi connectivity index (χ2n) is 7.22. The number of nitrogens with two attached hydrogens (primary N) is 1. The third-order valence-corrected chi connectivity index (χ3v) is 6.53. The van der Waals surface area contributed by atoms with Crippen molar-refractivity contribution in [1.82, 2.24) is 5.32 Å². The largest absolute Gasteiger partial charge is 0.368 e. The van der Waals surface area contributed by atoms with Gasteiger partial charge in [-0.25, -0.2) is 0 Å². The monoisotopic (exact) mass is 417 g/mol. The van der Waals surface area contributed by atoms with Gasteiger partial charge in [0, 0.05) is 4.90 Å². The number of carbonyl (C=O) groups excluding carboxylic acids is 2. The van der Waals surface area contributed by atoms with Gasteiger partial charge in [-0.15, -0.1) is 11.8 Å². The maximum Gasteiger partial charge on any atom is 0.243 e. The molecule has 0 fully saturated rings. The predicted molar refractivity (Wildman–Crippen MR) is 120 cm³/mol. The number of para-hydroxylation sites is 1. The van der Waals surface area contributed by atoms with Crippen LogP contribution in [0.5, 0.6) is 0 Å². The first-order valence-electron chi connectivity index (χ1n) is 9.82. The summed E-state index contributed by atoms with van der Waals surface area (Å²) in [5.74, 6) is -0.661. The van der Waals surface area contributed by atoms with Crippen LogP contribution in [-0.2, 0) is 16.0 Å². The second-order valence-corrected chi connectivity index (χ2v) is 8.41. The summed E-state index contributed by atoms with van der Waals surface area (Å²) in [5.41, 5.74) is 8.48. The molecule has 3 atom stereocenters. The summed E-state index contributed by atoms with van der Waals surface area (Å²) in [4.78, 5) is 26.5. The van der Waals surface area contributed by atoms with Crippen molar-refractivity contribution in [1.29, 1.82) is 0 Å². The average Bonchev–Trinajstić information content (AvgIpc) is 2.91. The molecule has 4 rings (SSSR count). The maximum atomic E-state index is 13.2. The molecule has 1 heterocycles. The molecule has 1 aliphatic rings. The van der Waals surface area contributed by atoms with Gasteiger partial charge in [0.2, 0.25) is 11.8 Å². The van der Waals surface area contributed by atoms with Gasteiger partial charge in [-0.05, 0) is 29.7 Å². The number of amides is 2. The molecule has 0 radical (unpaired) electrons. The minimum absolute atomic E-state index is 0.180. The quantitative estimate of drug-likeness (QED) is 0.573. The van der Waals surface area contributed by atoms with E-state index in [1.54, 1.807) is 11.8 Å². The van der Waals surface area contributed by atoms with Gasteiger partial charge in [-0.3, -0.25) is 14.9 Å². The zero-order chi connectivity index (χ0) is 20.9. The summed E-state index contributed by atoms with van der Waals surface area (Å²) < 4.78 is 0. The number of rotatable bonds is 6. The third kappa shape index (κ3) is 4.56. The van der Waals surface area contributed by atoms with Gasteiger partial charge in [0.05, 0.1) is 17.0 Å². The Morgan fingerprint density at radius 3 is 2.30 bits per heavy atom. The van der Waals surface area contributed by atoms with Crippen LogP contribution in [0.4, 0.5) is 5.69 Å². The lowest BCUT2D eigenvalue weighted by Crippen LogP contribution is -2.53. The van der Waals surface area contributed by atoms with E-state index in [9.17, 15) is 9.59 Å². The van der Waals surface area contributed by atoms with Gasteiger partial charge < -0.3 is 11.1 Å². The summed E-state index contributed by atoms with van der Waals surface area (Å²) >= 11 is 1.60. The zero-order valence-corrected chi connectivity index (χ0v) is 17.1. The molecule has 0 aromatic heterocycles. The number of nitrogens with one attached hydrogen (secondary N) is 2. The number of anilines is 1. The van der Waals surface area contributed by atoms with E-state index in [4.69, 9.17) is 5.73 Å². The number of primary amides is 1. The van der Waals surface area contributed by atoms with Gasteiger partial charge >= 0.3 is 0 Å². The van der Waals surface area contributed by atoms with Gasteiger partial charge in [-0.1, -0.05) is 72.8 Å². The van der Waals surface area contributed by atoms with Crippen molar-refractivity contribution in [2.24, 2.45) is 5.73 Å². The smallest absolute Gasteiger partial charge is 0.243 e. The summed E-state index contributed by atoms with van der Waals surface area (Å²) in [6.45, 7) is 0. The van der Waals surface area contributed by atoms with E-state index in [1.165, 1.54) is 0 Å². The fraction of sp³-hybridized carbons (Fsp3) is 0.167. The molecule has 3 aromatic rings. The Kier molecular flexibility index (Phi) is 6.16. The highest BCUT2D eigenvalue weighted by Crippen LogP contribution is 2.43. The molecule has 0 spiro atoms. The first kappa shape index (κ1) is 20.2. The van der Waals surface area contributed by atoms with Gasteiger partial charge in [0.1, 0.15) is 6.04 Å². The molecule has 1 aliphatic heterocycles. The van der Waals surface area contributed by atoms with Gasteiger partial charge in [0.15, 0.2) is 0 Å². The highest BCUT2D eigenvalue weighted by atomic mass is 32.2. The SMILES string of the molecule is NC(=O)[C@H](Cc1ccccc1)N[C@H]1C(=O)Nc2ccccc2S[C@H]1c1ccccc1. The third-order valence-electron chi connectivity index (χ3n) is 5.12. The molecule has 30 heavy (non-hydrogen) atoms. The van der Waals surface area contributed by atoms with Crippen molar-refractivity contribution in [3.8, 4) is 0 Å². The highest BCUT2D eigenvalue weighted by molar-refractivity contribution is 7.99. The van der Waals surface area contributed by atoms with E-state index in [-0.39, 0.29) is 11.2 Å². The number of carbonyl (C=O) groups is 2. The topological polar surface area (TPSA) is 84.2 Å². The van der Waals surface area contributed by atoms with Crippen molar-refractivity contribution in [2.75, 3.05) is 5.32 Å². The molecule has 6 heteroatoms. The first-order chi connectivity index (χ1) is 14.6. The number of benzene rings is 3. The van der Waals surface area contributed by atoms with Crippen LogP contribution in [0.25, 0.3) is 0 Å². The molecule has 4 N–H and O–H groups in total. The molecule has 0 aliphatic carbocycles. The maximum absolute atomic E-state index is 13.2. The Morgan fingerprint density at radius 1 is 0.967 bits per heavy atom. The Hall–Kier alpha value is -3.09. The van der Waals surface area contributed by atoms with Crippen LogP contribution in [0.1, 0.15) is 16.4 Å². The second kappa shape index (κ2) is 9.15. The van der Waals surface area contributed by atoms with Crippen LogP contribution in [0, 0.1) is 0 Å². The molecule has 3 aromatic carbocycles. The van der Waals surface area contributed by atoms with Gasteiger partial charge in [0.25, 0.3) is 0 Å². The van der Waals surface area contributed by atoms with Crippen molar-refractivity contribution in [3.05, 3.63) is 96.1 Å². The Bertz CT molecular complexity index is 1030. The molecule has 0 saturated carbocycles. The minimum atomic E-state index is -0.670. The predicted octanol–water partition coefficient (Wildman–Crippen LogP) is 3.53. The fourth-order valence-electron chi connectivity index (χ4n) is 3.60. The van der Waals surface area contributed by atoms with Crippen LogP contribution < -0.4 is 16.4 Å². The number of hydrogen-bond acceptors (Lipinski definition) is 4. The Morgan fingerprint density at radius 2 is 1.60 bits per heavy atom. The van der Waals surface area contributed by atoms with E-state index < -0.39 is 18.0 Å². The highest BCUT2D eigenvalue weighted by Gasteiger charge is 2.36. The normalized spacial score (nSPS) is 19.3. The molecular weight excluding hydrogens is 394 g/mol. The first-order valence-corrected chi connectivity index (χ1v) is 10.7. The Balaban J connectivity index is 1.67. The summed E-state index contributed by atoms with van der Waals surface area (Å²) in [6.07, 6.45) is 0.416. The van der Waals surface area contributed by atoms with Crippen LogP contribution in [0.3, 0.4) is 0 Å². The molecule has 0 saturated heterocycles. The molecular formula is C24H23N3O2S. The molecule has 2 amide bonds. The lowest BCUT2D eigenvalue weighted by molar-refractivity contribution is -0.121. The molecule has 0 unspecified atom stereocenters. The van der Waals surface area contributed by atoms with Crippen LogP contribution in [0.2, 0.25) is 0 Å². The van der Waals surface area contributed by atoms with Crippen molar-refractivity contribution in [3.63, 3.8) is 0 Å². The molecule has 152 valence electrons. The number of thioether (sulfide) groups is 1. The van der Waals surface area contributed by atoms with E-state index in [1.807, 2.05) is 84.9 Å². The Labute approximate surface area is 180 Å². The van der Waals surface area contributed by atoms with E-state index >= 15 is 0 Å². The molecule has 5 nitrogen and oxygen atoms in total. The zero-order valence-electron chi connectivity index (χ0n) is 16.3. The van der Waals surface area contributed by atoms with Crippen LogP contribution in [0.15, 0.2) is 89.8 Å². The summed E-state index contributed by atoms with van der Waals surface area (Å²) in [6, 6.07) is 26.0. The van der Waals surface area contributed by atoms with Gasteiger partial charge in [-0.2, -0.15) is 0 Å². The van der Waals surface area contributed by atoms with Crippen LogP contribution >= 0.6 is 11.8 Å². The number of hydrogen-bond donors (Lipinski definition) is 3. The minimum Gasteiger partial charge on any atom is -0.368 e. The molecule has 0 bridgehead atoms. The number of fused-ring (bicyclic) bond motifs is 1. The van der Waals surface area contributed by atoms with E-state index in [2.05, 4.69) is 10.6 Å². The van der Waals surface area contributed by atoms with Crippen molar-refractivity contribution in [2.45, 2.75) is 28.6 Å². The van der Waals surface area contributed by atoms with E-state index in [0.29, 0.717) is 6.42 Å². The van der Waals surface area contributed by atoms with Crippen LogP contribution in [-0.4, -0.2) is 23.9 Å².